The van der Waals surface area contributed by atoms with Crippen molar-refractivity contribution in [1.82, 2.24) is 0 Å². The third-order valence-electron chi connectivity index (χ3n) is 2.45. The van der Waals surface area contributed by atoms with E-state index < -0.39 is 11.5 Å². The molecule has 3 N–H and O–H groups in total. The van der Waals surface area contributed by atoms with Crippen LogP contribution in [0.15, 0.2) is 30.3 Å². The van der Waals surface area contributed by atoms with Gasteiger partial charge in [-0.25, -0.2) is 0 Å². The van der Waals surface area contributed by atoms with Crippen molar-refractivity contribution in [3.63, 3.8) is 0 Å². The SMILES string of the molecule is CC[C@@](N)(CC(=O)O)c1ccccc1.Cl. The summed E-state index contributed by atoms with van der Waals surface area (Å²) in [5, 5.41) is 8.76. The number of carboxylic acids is 1. The summed E-state index contributed by atoms with van der Waals surface area (Å²) in [7, 11) is 0. The first-order chi connectivity index (χ1) is 6.58. The molecule has 0 saturated carbocycles. The molecule has 0 saturated heterocycles. The van der Waals surface area contributed by atoms with Crippen molar-refractivity contribution in [2.75, 3.05) is 0 Å². The summed E-state index contributed by atoms with van der Waals surface area (Å²) in [6.45, 7) is 1.90. The molecule has 4 heteroatoms. The standard InChI is InChI=1S/C11H15NO2.ClH/c1-2-11(12,8-10(13)14)9-6-4-3-5-7-9;/h3-7H,2,8,12H2,1H3,(H,13,14);1H/t11-;/m1./s1. The minimum absolute atomic E-state index is 0. The molecule has 0 heterocycles. The highest BCUT2D eigenvalue weighted by molar-refractivity contribution is 5.85. The van der Waals surface area contributed by atoms with Crippen molar-refractivity contribution in [2.45, 2.75) is 25.3 Å². The summed E-state index contributed by atoms with van der Waals surface area (Å²) >= 11 is 0. The van der Waals surface area contributed by atoms with Crippen molar-refractivity contribution in [2.24, 2.45) is 5.73 Å². The van der Waals surface area contributed by atoms with Crippen molar-refractivity contribution < 1.29 is 9.90 Å². The maximum Gasteiger partial charge on any atom is 0.305 e. The molecule has 0 spiro atoms. The Kier molecular flexibility index (Phi) is 5.33. The van der Waals surface area contributed by atoms with Crippen LogP contribution in [0.4, 0.5) is 0 Å². The van der Waals surface area contributed by atoms with Gasteiger partial charge >= 0.3 is 5.97 Å². The van der Waals surface area contributed by atoms with E-state index >= 15 is 0 Å². The Balaban J connectivity index is 0.00000196. The van der Waals surface area contributed by atoms with Crippen LogP contribution < -0.4 is 5.73 Å². The Morgan fingerprint density at radius 2 is 1.93 bits per heavy atom. The average molecular weight is 230 g/mol. The molecule has 1 aromatic rings. The molecule has 0 bridgehead atoms. The van der Waals surface area contributed by atoms with Gasteiger partial charge in [-0.1, -0.05) is 37.3 Å². The normalized spacial score (nSPS) is 13.7. The highest BCUT2D eigenvalue weighted by Crippen LogP contribution is 2.25. The van der Waals surface area contributed by atoms with E-state index in [1.807, 2.05) is 37.3 Å². The average Bonchev–Trinajstić information content (AvgIpc) is 2.18. The Hall–Kier alpha value is -1.06. The molecule has 15 heavy (non-hydrogen) atoms. The van der Waals surface area contributed by atoms with Crippen molar-refractivity contribution in [3.05, 3.63) is 35.9 Å². The third kappa shape index (κ3) is 3.53. The number of carbonyl (C=O) groups is 1. The fourth-order valence-corrected chi connectivity index (χ4v) is 1.47. The summed E-state index contributed by atoms with van der Waals surface area (Å²) in [6, 6.07) is 9.36. The number of benzene rings is 1. The van der Waals surface area contributed by atoms with E-state index in [-0.39, 0.29) is 18.8 Å². The van der Waals surface area contributed by atoms with Crippen LogP contribution in [0.25, 0.3) is 0 Å². The molecule has 0 aliphatic heterocycles. The number of nitrogens with two attached hydrogens (primary N) is 1. The van der Waals surface area contributed by atoms with Crippen LogP contribution in [0.5, 0.6) is 0 Å². The minimum atomic E-state index is -0.863. The molecule has 0 radical (unpaired) electrons. The van der Waals surface area contributed by atoms with Gasteiger partial charge in [0.1, 0.15) is 0 Å². The molecule has 1 atom stereocenters. The maximum atomic E-state index is 10.7. The lowest BCUT2D eigenvalue weighted by Crippen LogP contribution is -2.38. The first kappa shape index (κ1) is 13.9. The van der Waals surface area contributed by atoms with E-state index in [9.17, 15) is 4.79 Å². The molecule has 0 aliphatic rings. The number of halogens is 1. The van der Waals surface area contributed by atoms with Gasteiger partial charge in [0.15, 0.2) is 0 Å². The summed E-state index contributed by atoms with van der Waals surface area (Å²) in [6.07, 6.45) is 0.580. The molecular formula is C11H16ClNO2. The summed E-state index contributed by atoms with van der Waals surface area (Å²) in [5.41, 5.74) is 6.18. The number of aliphatic carboxylic acids is 1. The molecule has 0 aliphatic carbocycles. The zero-order valence-corrected chi connectivity index (χ0v) is 9.46. The molecule has 84 valence electrons. The number of hydrogen-bond donors (Lipinski definition) is 2. The molecule has 0 aromatic heterocycles. The van der Waals surface area contributed by atoms with Gasteiger partial charge in [-0.2, -0.15) is 0 Å². The number of rotatable bonds is 4. The fraction of sp³-hybridized carbons (Fsp3) is 0.364. The van der Waals surface area contributed by atoms with Crippen molar-refractivity contribution >= 4 is 18.4 Å². The van der Waals surface area contributed by atoms with E-state index in [2.05, 4.69) is 0 Å². The first-order valence-corrected chi connectivity index (χ1v) is 4.64. The molecule has 0 fully saturated rings. The van der Waals surface area contributed by atoms with Gasteiger partial charge in [0, 0.05) is 0 Å². The second-order valence-electron chi connectivity index (χ2n) is 3.45. The van der Waals surface area contributed by atoms with Crippen LogP contribution in [0.3, 0.4) is 0 Å². The molecule has 0 amide bonds. The topological polar surface area (TPSA) is 63.3 Å². The van der Waals surface area contributed by atoms with E-state index in [1.54, 1.807) is 0 Å². The van der Waals surface area contributed by atoms with Crippen molar-refractivity contribution in [3.8, 4) is 0 Å². The van der Waals surface area contributed by atoms with Crippen LogP contribution in [-0.4, -0.2) is 11.1 Å². The van der Waals surface area contributed by atoms with E-state index in [1.165, 1.54) is 0 Å². The lowest BCUT2D eigenvalue weighted by Gasteiger charge is -2.26. The fourth-order valence-electron chi connectivity index (χ4n) is 1.47. The van der Waals surface area contributed by atoms with Gasteiger partial charge in [-0.05, 0) is 12.0 Å². The van der Waals surface area contributed by atoms with Crippen LogP contribution in [0, 0.1) is 0 Å². The number of hydrogen-bond acceptors (Lipinski definition) is 2. The Labute approximate surface area is 95.7 Å². The molecule has 3 nitrogen and oxygen atoms in total. The Morgan fingerprint density at radius 3 is 2.33 bits per heavy atom. The van der Waals surface area contributed by atoms with Crippen LogP contribution in [0.2, 0.25) is 0 Å². The Morgan fingerprint density at radius 1 is 1.40 bits per heavy atom. The third-order valence-corrected chi connectivity index (χ3v) is 2.45. The molecule has 0 unspecified atom stereocenters. The maximum absolute atomic E-state index is 10.7. The highest BCUT2D eigenvalue weighted by atomic mass is 35.5. The monoisotopic (exact) mass is 229 g/mol. The largest absolute Gasteiger partial charge is 0.481 e. The Bertz CT molecular complexity index is 316. The predicted octanol–water partition coefficient (Wildman–Crippen LogP) is 2.15. The molecule has 1 aromatic carbocycles. The lowest BCUT2D eigenvalue weighted by atomic mass is 9.85. The summed E-state index contributed by atoms with van der Waals surface area (Å²) < 4.78 is 0. The van der Waals surface area contributed by atoms with Gasteiger partial charge < -0.3 is 10.8 Å². The van der Waals surface area contributed by atoms with Crippen LogP contribution in [-0.2, 0) is 10.3 Å². The van der Waals surface area contributed by atoms with Crippen molar-refractivity contribution in [1.29, 1.82) is 0 Å². The zero-order chi connectivity index (χ0) is 10.6. The van der Waals surface area contributed by atoms with Gasteiger partial charge in [-0.15, -0.1) is 12.4 Å². The van der Waals surface area contributed by atoms with E-state index in [0.717, 1.165) is 5.56 Å². The van der Waals surface area contributed by atoms with Crippen LogP contribution >= 0.6 is 12.4 Å². The predicted molar refractivity (Wildman–Crippen MR) is 62.1 cm³/mol. The molecule has 1 rings (SSSR count). The summed E-state index contributed by atoms with van der Waals surface area (Å²) in [5.74, 6) is -0.863. The smallest absolute Gasteiger partial charge is 0.305 e. The second kappa shape index (κ2) is 5.73. The zero-order valence-electron chi connectivity index (χ0n) is 8.64. The summed E-state index contributed by atoms with van der Waals surface area (Å²) in [4.78, 5) is 10.7. The first-order valence-electron chi connectivity index (χ1n) is 4.64. The lowest BCUT2D eigenvalue weighted by molar-refractivity contribution is -0.138. The number of carboxylic acid groups (broad SMARTS) is 1. The van der Waals surface area contributed by atoms with Gasteiger partial charge in [0.25, 0.3) is 0 Å². The molecular weight excluding hydrogens is 214 g/mol. The van der Waals surface area contributed by atoms with Gasteiger partial charge in [0.2, 0.25) is 0 Å². The highest BCUT2D eigenvalue weighted by Gasteiger charge is 2.27. The van der Waals surface area contributed by atoms with Gasteiger partial charge in [-0.3, -0.25) is 4.79 Å². The van der Waals surface area contributed by atoms with E-state index in [4.69, 9.17) is 10.8 Å². The van der Waals surface area contributed by atoms with Gasteiger partial charge in [0.05, 0.1) is 12.0 Å². The van der Waals surface area contributed by atoms with E-state index in [0.29, 0.717) is 6.42 Å². The quantitative estimate of drug-likeness (QED) is 0.832. The second-order valence-corrected chi connectivity index (χ2v) is 3.45. The minimum Gasteiger partial charge on any atom is -0.481 e. The van der Waals surface area contributed by atoms with Crippen LogP contribution in [0.1, 0.15) is 25.3 Å².